The first kappa shape index (κ1) is 18.0. The van der Waals surface area contributed by atoms with E-state index >= 15 is 0 Å². The van der Waals surface area contributed by atoms with Crippen LogP contribution in [-0.4, -0.2) is 47.7 Å². The van der Waals surface area contributed by atoms with Gasteiger partial charge in [0.2, 0.25) is 0 Å². The van der Waals surface area contributed by atoms with Crippen molar-refractivity contribution in [3.63, 3.8) is 0 Å². The molecule has 0 radical (unpaired) electrons. The zero-order chi connectivity index (χ0) is 19.0. The monoisotopic (exact) mass is 367 g/mol. The molecule has 2 heterocycles. The van der Waals surface area contributed by atoms with Gasteiger partial charge in [0.05, 0.1) is 6.10 Å². The molecule has 0 spiro atoms. The van der Waals surface area contributed by atoms with Gasteiger partial charge in [-0.05, 0) is 43.7 Å². The standard InChI is InChI=1S/C22H26FN3O/c1-15-3-6-21(16(2)11-15)26-9-7-25(8-10-26)14-22(27)19-13-24-20-5-4-17(23)12-18(19)20/h3-6,11-13,22,24,27H,7-10,14H2,1-2H3/t22-/m0/s1. The second-order valence-corrected chi connectivity index (χ2v) is 7.53. The van der Waals surface area contributed by atoms with Crippen LogP contribution in [-0.2, 0) is 0 Å². The third-order valence-corrected chi connectivity index (χ3v) is 5.53. The number of aromatic nitrogens is 1. The van der Waals surface area contributed by atoms with Crippen LogP contribution >= 0.6 is 0 Å². The van der Waals surface area contributed by atoms with Gasteiger partial charge in [0.25, 0.3) is 0 Å². The maximum absolute atomic E-state index is 13.6. The lowest BCUT2D eigenvalue weighted by atomic mass is 10.1. The van der Waals surface area contributed by atoms with Gasteiger partial charge < -0.3 is 15.0 Å². The molecule has 142 valence electrons. The molecule has 4 nitrogen and oxygen atoms in total. The molecule has 1 saturated heterocycles. The molecule has 0 unspecified atom stereocenters. The molecule has 3 aromatic rings. The number of nitrogens with zero attached hydrogens (tertiary/aromatic N) is 2. The molecule has 1 aromatic heterocycles. The molecule has 2 aromatic carbocycles. The minimum absolute atomic E-state index is 0.280. The maximum atomic E-state index is 13.6. The average Bonchev–Trinajstić information content (AvgIpc) is 3.06. The van der Waals surface area contributed by atoms with E-state index in [4.69, 9.17) is 0 Å². The van der Waals surface area contributed by atoms with Gasteiger partial charge in [0, 0.05) is 61.1 Å². The summed E-state index contributed by atoms with van der Waals surface area (Å²) in [6.07, 6.45) is 1.16. The van der Waals surface area contributed by atoms with Gasteiger partial charge in [-0.3, -0.25) is 4.90 Å². The molecular formula is C22H26FN3O. The number of aryl methyl sites for hydroxylation is 2. The fourth-order valence-corrected chi connectivity index (χ4v) is 4.06. The number of hydrogen-bond acceptors (Lipinski definition) is 3. The molecule has 27 heavy (non-hydrogen) atoms. The second-order valence-electron chi connectivity index (χ2n) is 7.53. The summed E-state index contributed by atoms with van der Waals surface area (Å²) < 4.78 is 13.6. The molecule has 5 heteroatoms. The Morgan fingerprint density at radius 2 is 1.85 bits per heavy atom. The Labute approximate surface area is 159 Å². The summed E-state index contributed by atoms with van der Waals surface area (Å²) in [6, 6.07) is 11.2. The SMILES string of the molecule is Cc1ccc(N2CCN(C[C@H](O)c3c[nH]c4ccc(F)cc34)CC2)c(C)c1. The first-order valence-corrected chi connectivity index (χ1v) is 9.50. The van der Waals surface area contributed by atoms with Crippen molar-refractivity contribution in [2.24, 2.45) is 0 Å². The van der Waals surface area contributed by atoms with Crippen LogP contribution in [0.2, 0.25) is 0 Å². The number of rotatable bonds is 4. The van der Waals surface area contributed by atoms with Crippen LogP contribution in [0, 0.1) is 19.7 Å². The fourth-order valence-electron chi connectivity index (χ4n) is 4.06. The minimum atomic E-state index is -0.631. The Hall–Kier alpha value is -2.37. The molecular weight excluding hydrogens is 341 g/mol. The summed E-state index contributed by atoms with van der Waals surface area (Å²) in [7, 11) is 0. The number of benzene rings is 2. The Morgan fingerprint density at radius 3 is 2.59 bits per heavy atom. The van der Waals surface area contributed by atoms with Gasteiger partial charge in [0.15, 0.2) is 0 Å². The Morgan fingerprint density at radius 1 is 1.07 bits per heavy atom. The van der Waals surface area contributed by atoms with Crippen LogP contribution in [0.15, 0.2) is 42.6 Å². The maximum Gasteiger partial charge on any atom is 0.123 e. The lowest BCUT2D eigenvalue weighted by Gasteiger charge is -2.37. The van der Waals surface area contributed by atoms with E-state index < -0.39 is 6.10 Å². The summed E-state index contributed by atoms with van der Waals surface area (Å²) in [5, 5.41) is 11.5. The highest BCUT2D eigenvalue weighted by molar-refractivity contribution is 5.83. The van der Waals surface area contributed by atoms with E-state index in [1.165, 1.54) is 28.9 Å². The highest BCUT2D eigenvalue weighted by atomic mass is 19.1. The lowest BCUT2D eigenvalue weighted by Crippen LogP contribution is -2.47. The van der Waals surface area contributed by atoms with Crippen LogP contribution < -0.4 is 4.90 Å². The first-order valence-electron chi connectivity index (χ1n) is 9.50. The molecule has 1 atom stereocenters. The number of hydrogen-bond donors (Lipinski definition) is 2. The number of nitrogens with one attached hydrogen (secondary N) is 1. The second kappa shape index (κ2) is 7.33. The molecule has 2 N–H and O–H groups in total. The van der Waals surface area contributed by atoms with Crippen molar-refractivity contribution in [3.05, 3.63) is 65.1 Å². The number of β-amino-alcohol motifs (C(OH)–C–C–N with tert-alkyl or cyclic N) is 1. The molecule has 0 aliphatic carbocycles. The van der Waals surface area contributed by atoms with E-state index in [1.807, 2.05) is 0 Å². The smallest absolute Gasteiger partial charge is 0.123 e. The molecule has 0 bridgehead atoms. The van der Waals surface area contributed by atoms with E-state index in [2.05, 4.69) is 46.8 Å². The number of aliphatic hydroxyl groups excluding tert-OH is 1. The summed E-state index contributed by atoms with van der Waals surface area (Å²) in [5.41, 5.74) is 5.51. The van der Waals surface area contributed by atoms with Crippen molar-refractivity contribution >= 4 is 16.6 Å². The van der Waals surface area contributed by atoms with Crippen molar-refractivity contribution in [1.82, 2.24) is 9.88 Å². The Balaban J connectivity index is 1.40. The topological polar surface area (TPSA) is 42.5 Å². The van der Waals surface area contributed by atoms with Crippen molar-refractivity contribution in [3.8, 4) is 0 Å². The van der Waals surface area contributed by atoms with Gasteiger partial charge in [-0.1, -0.05) is 17.7 Å². The largest absolute Gasteiger partial charge is 0.387 e. The highest BCUT2D eigenvalue weighted by Crippen LogP contribution is 2.27. The fraction of sp³-hybridized carbons (Fsp3) is 0.364. The van der Waals surface area contributed by atoms with Gasteiger partial charge in [-0.25, -0.2) is 4.39 Å². The summed E-state index contributed by atoms with van der Waals surface area (Å²) in [5.74, 6) is -0.280. The van der Waals surface area contributed by atoms with Crippen LogP contribution in [0.1, 0.15) is 22.8 Å². The van der Waals surface area contributed by atoms with Crippen molar-refractivity contribution in [2.45, 2.75) is 20.0 Å². The number of aromatic amines is 1. The molecule has 1 aliphatic rings. The van der Waals surface area contributed by atoms with E-state index in [0.717, 1.165) is 42.6 Å². The summed E-state index contributed by atoms with van der Waals surface area (Å²) in [6.45, 7) is 8.53. The predicted molar refractivity (Wildman–Crippen MR) is 108 cm³/mol. The van der Waals surface area contributed by atoms with Gasteiger partial charge in [-0.15, -0.1) is 0 Å². The Bertz CT molecular complexity index is 944. The molecule has 1 fully saturated rings. The highest BCUT2D eigenvalue weighted by Gasteiger charge is 2.22. The molecule has 0 saturated carbocycles. The van der Waals surface area contributed by atoms with Crippen molar-refractivity contribution in [1.29, 1.82) is 0 Å². The summed E-state index contributed by atoms with van der Waals surface area (Å²) in [4.78, 5) is 7.82. The number of aliphatic hydroxyl groups is 1. The Kier molecular flexibility index (Phi) is 4.89. The quantitative estimate of drug-likeness (QED) is 0.737. The van der Waals surface area contributed by atoms with Crippen LogP contribution in [0.25, 0.3) is 10.9 Å². The summed E-state index contributed by atoms with van der Waals surface area (Å²) >= 11 is 0. The first-order chi connectivity index (χ1) is 13.0. The van der Waals surface area contributed by atoms with E-state index in [1.54, 1.807) is 12.3 Å². The molecule has 4 rings (SSSR count). The number of H-pyrrole nitrogens is 1. The lowest BCUT2D eigenvalue weighted by molar-refractivity contribution is 0.110. The normalized spacial score (nSPS) is 16.8. The predicted octanol–water partition coefficient (Wildman–Crippen LogP) is 3.78. The number of fused-ring (bicyclic) bond motifs is 1. The molecule has 0 amide bonds. The van der Waals surface area contributed by atoms with Gasteiger partial charge in [-0.2, -0.15) is 0 Å². The van der Waals surface area contributed by atoms with Crippen molar-refractivity contribution < 1.29 is 9.50 Å². The van der Waals surface area contributed by atoms with E-state index in [9.17, 15) is 9.50 Å². The van der Waals surface area contributed by atoms with Gasteiger partial charge >= 0.3 is 0 Å². The van der Waals surface area contributed by atoms with Gasteiger partial charge in [0.1, 0.15) is 5.82 Å². The van der Waals surface area contributed by atoms with Crippen molar-refractivity contribution in [2.75, 3.05) is 37.6 Å². The average molecular weight is 367 g/mol. The van der Waals surface area contributed by atoms with E-state index in [0.29, 0.717) is 6.54 Å². The molecule has 1 aliphatic heterocycles. The third kappa shape index (κ3) is 3.70. The number of anilines is 1. The zero-order valence-electron chi connectivity index (χ0n) is 15.9. The number of piperazine rings is 1. The van der Waals surface area contributed by atoms with E-state index in [-0.39, 0.29) is 5.82 Å². The minimum Gasteiger partial charge on any atom is -0.387 e. The van der Waals surface area contributed by atoms with Crippen LogP contribution in [0.4, 0.5) is 10.1 Å². The zero-order valence-corrected chi connectivity index (χ0v) is 15.9. The number of halogens is 1. The third-order valence-electron chi connectivity index (χ3n) is 5.53. The van der Waals surface area contributed by atoms with Crippen LogP contribution in [0.3, 0.4) is 0 Å². The van der Waals surface area contributed by atoms with Crippen LogP contribution in [0.5, 0.6) is 0 Å².